The normalized spacial score (nSPS) is 11.0. The van der Waals surface area contributed by atoms with Crippen LogP contribution in [0.4, 0.5) is 5.00 Å². The number of anilines is 1. The van der Waals surface area contributed by atoms with Crippen molar-refractivity contribution in [2.24, 2.45) is 0 Å². The molecule has 0 fully saturated rings. The summed E-state index contributed by atoms with van der Waals surface area (Å²) in [6, 6.07) is 20.0. The maximum atomic E-state index is 13.0. The van der Waals surface area contributed by atoms with Crippen molar-refractivity contribution in [2.45, 2.75) is 46.1 Å². The van der Waals surface area contributed by atoms with Crippen LogP contribution in [0.25, 0.3) is 0 Å². The second kappa shape index (κ2) is 9.72. The molecule has 0 atom stereocenters. The minimum atomic E-state index is -0.398. The lowest BCUT2D eigenvalue weighted by molar-refractivity contribution is -0.116. The molecule has 1 amide bonds. The molecular formula is C25H27NO3S. The summed E-state index contributed by atoms with van der Waals surface area (Å²) in [5, 5.41) is 3.53. The Balaban J connectivity index is 1.85. The Morgan fingerprint density at radius 3 is 1.97 bits per heavy atom. The van der Waals surface area contributed by atoms with Crippen LogP contribution in [0.5, 0.6) is 0 Å². The van der Waals surface area contributed by atoms with Crippen molar-refractivity contribution in [2.75, 3.05) is 5.32 Å². The number of hydrogen-bond donors (Lipinski definition) is 1. The molecule has 0 saturated heterocycles. The number of nitrogens with one attached hydrogen (secondary N) is 1. The van der Waals surface area contributed by atoms with Gasteiger partial charge in [-0.2, -0.15) is 0 Å². The summed E-state index contributed by atoms with van der Waals surface area (Å²) in [5.74, 6) is -0.599. The van der Waals surface area contributed by atoms with Gasteiger partial charge in [0.25, 0.3) is 0 Å². The third-order valence-corrected chi connectivity index (χ3v) is 6.10. The van der Waals surface area contributed by atoms with Crippen LogP contribution in [0.15, 0.2) is 60.7 Å². The van der Waals surface area contributed by atoms with Gasteiger partial charge in [0.15, 0.2) is 0 Å². The van der Waals surface area contributed by atoms with E-state index in [1.165, 1.54) is 11.3 Å². The number of rotatable bonds is 7. The summed E-state index contributed by atoms with van der Waals surface area (Å²) in [6.45, 7) is 7.46. The lowest BCUT2D eigenvalue weighted by Crippen LogP contribution is -2.19. The van der Waals surface area contributed by atoms with Crippen molar-refractivity contribution < 1.29 is 14.3 Å². The standard InChI is InChI=1S/C25H27NO3S/c1-16(2)29-25(28)23-17(3)18(4)30-24(23)26-22(27)15-21(19-11-7-5-8-12-19)20-13-9-6-10-14-20/h5-14,16,21H,15H2,1-4H3,(H,26,27). The highest BCUT2D eigenvalue weighted by molar-refractivity contribution is 7.16. The topological polar surface area (TPSA) is 55.4 Å². The van der Waals surface area contributed by atoms with Crippen molar-refractivity contribution >= 4 is 28.2 Å². The first-order valence-corrected chi connectivity index (χ1v) is 10.9. The van der Waals surface area contributed by atoms with Gasteiger partial charge in [-0.15, -0.1) is 11.3 Å². The predicted molar refractivity (Wildman–Crippen MR) is 122 cm³/mol. The van der Waals surface area contributed by atoms with Crippen LogP contribution in [-0.4, -0.2) is 18.0 Å². The lowest BCUT2D eigenvalue weighted by atomic mass is 9.88. The average Bonchev–Trinajstić information content (AvgIpc) is 3.00. The summed E-state index contributed by atoms with van der Waals surface area (Å²) in [5.41, 5.74) is 3.47. The van der Waals surface area contributed by atoms with Gasteiger partial charge in [-0.05, 0) is 44.4 Å². The molecule has 3 aromatic rings. The van der Waals surface area contributed by atoms with Gasteiger partial charge in [0.05, 0.1) is 11.7 Å². The van der Waals surface area contributed by atoms with E-state index in [0.29, 0.717) is 10.6 Å². The number of benzene rings is 2. The number of carbonyl (C=O) groups excluding carboxylic acids is 2. The highest BCUT2D eigenvalue weighted by Crippen LogP contribution is 2.34. The first-order valence-electron chi connectivity index (χ1n) is 10.1. The van der Waals surface area contributed by atoms with E-state index in [4.69, 9.17) is 4.74 Å². The zero-order valence-corrected chi connectivity index (χ0v) is 18.6. The zero-order valence-electron chi connectivity index (χ0n) is 17.8. The van der Waals surface area contributed by atoms with E-state index in [0.717, 1.165) is 21.6 Å². The Morgan fingerprint density at radius 1 is 0.933 bits per heavy atom. The van der Waals surface area contributed by atoms with Gasteiger partial charge >= 0.3 is 5.97 Å². The van der Waals surface area contributed by atoms with Gasteiger partial charge in [0, 0.05) is 17.2 Å². The molecule has 30 heavy (non-hydrogen) atoms. The monoisotopic (exact) mass is 421 g/mol. The molecule has 0 spiro atoms. The van der Waals surface area contributed by atoms with E-state index in [9.17, 15) is 9.59 Å². The third-order valence-electron chi connectivity index (χ3n) is 4.98. The van der Waals surface area contributed by atoms with E-state index >= 15 is 0 Å². The maximum absolute atomic E-state index is 13.0. The molecule has 0 radical (unpaired) electrons. The van der Waals surface area contributed by atoms with Crippen LogP contribution in [0.2, 0.25) is 0 Å². The van der Waals surface area contributed by atoms with Crippen LogP contribution in [0, 0.1) is 13.8 Å². The molecule has 1 aromatic heterocycles. The second-order valence-electron chi connectivity index (χ2n) is 7.57. The Kier molecular flexibility index (Phi) is 7.06. The molecule has 0 aliphatic heterocycles. The maximum Gasteiger partial charge on any atom is 0.341 e. The fourth-order valence-corrected chi connectivity index (χ4v) is 4.46. The smallest absolute Gasteiger partial charge is 0.341 e. The van der Waals surface area contributed by atoms with Gasteiger partial charge in [-0.1, -0.05) is 60.7 Å². The first kappa shape index (κ1) is 21.8. The van der Waals surface area contributed by atoms with Crippen molar-refractivity contribution in [3.8, 4) is 0 Å². The summed E-state index contributed by atoms with van der Waals surface area (Å²) in [6.07, 6.45) is 0.0593. The molecule has 0 unspecified atom stereocenters. The van der Waals surface area contributed by atoms with Crippen LogP contribution in [0.3, 0.4) is 0 Å². The number of amides is 1. The van der Waals surface area contributed by atoms with E-state index in [2.05, 4.69) is 5.32 Å². The number of thiophene rings is 1. The van der Waals surface area contributed by atoms with Crippen LogP contribution in [0.1, 0.15) is 58.1 Å². The number of carbonyl (C=O) groups is 2. The van der Waals surface area contributed by atoms with E-state index in [1.54, 1.807) is 0 Å². The highest BCUT2D eigenvalue weighted by Gasteiger charge is 2.24. The van der Waals surface area contributed by atoms with E-state index < -0.39 is 5.97 Å². The van der Waals surface area contributed by atoms with E-state index in [-0.39, 0.29) is 24.3 Å². The molecule has 3 rings (SSSR count). The molecule has 0 saturated carbocycles. The number of ether oxygens (including phenoxy) is 1. The molecular weight excluding hydrogens is 394 g/mol. The van der Waals surface area contributed by atoms with Crippen LogP contribution >= 0.6 is 11.3 Å². The first-order chi connectivity index (χ1) is 14.4. The van der Waals surface area contributed by atoms with Crippen molar-refractivity contribution in [1.82, 2.24) is 0 Å². The molecule has 5 heteroatoms. The van der Waals surface area contributed by atoms with Gasteiger partial charge in [0.1, 0.15) is 5.00 Å². The largest absolute Gasteiger partial charge is 0.459 e. The number of aryl methyl sites for hydroxylation is 1. The number of esters is 1. The molecule has 4 nitrogen and oxygen atoms in total. The Hall–Kier alpha value is -2.92. The molecule has 0 aliphatic rings. The second-order valence-corrected chi connectivity index (χ2v) is 8.79. The minimum Gasteiger partial charge on any atom is -0.459 e. The van der Waals surface area contributed by atoms with Gasteiger partial charge in [-0.3, -0.25) is 4.79 Å². The van der Waals surface area contributed by atoms with Crippen molar-refractivity contribution in [3.05, 3.63) is 87.8 Å². The molecule has 1 N–H and O–H groups in total. The summed E-state index contributed by atoms with van der Waals surface area (Å²) in [4.78, 5) is 26.6. The van der Waals surface area contributed by atoms with Gasteiger partial charge in [-0.25, -0.2) is 4.79 Å². The van der Waals surface area contributed by atoms with Crippen molar-refractivity contribution in [1.29, 1.82) is 0 Å². The van der Waals surface area contributed by atoms with Crippen LogP contribution in [-0.2, 0) is 9.53 Å². The quantitative estimate of drug-likeness (QED) is 0.470. The number of hydrogen-bond acceptors (Lipinski definition) is 4. The fourth-order valence-electron chi connectivity index (χ4n) is 3.40. The Bertz CT molecular complexity index is 970. The molecule has 0 aliphatic carbocycles. The zero-order chi connectivity index (χ0) is 21.7. The van der Waals surface area contributed by atoms with E-state index in [1.807, 2.05) is 88.4 Å². The SMILES string of the molecule is Cc1sc(NC(=O)CC(c2ccccc2)c2ccccc2)c(C(=O)OC(C)C)c1C. The highest BCUT2D eigenvalue weighted by atomic mass is 32.1. The summed E-state index contributed by atoms with van der Waals surface area (Å²) < 4.78 is 5.39. The summed E-state index contributed by atoms with van der Waals surface area (Å²) >= 11 is 1.41. The Labute approximate surface area is 181 Å². The van der Waals surface area contributed by atoms with Crippen LogP contribution < -0.4 is 5.32 Å². The molecule has 1 heterocycles. The third kappa shape index (κ3) is 5.16. The average molecular weight is 422 g/mol. The van der Waals surface area contributed by atoms with Gasteiger partial charge in [0.2, 0.25) is 5.91 Å². The molecule has 0 bridgehead atoms. The summed E-state index contributed by atoms with van der Waals surface area (Å²) in [7, 11) is 0. The minimum absolute atomic E-state index is 0.0689. The van der Waals surface area contributed by atoms with Gasteiger partial charge < -0.3 is 10.1 Å². The molecule has 156 valence electrons. The fraction of sp³-hybridized carbons (Fsp3) is 0.280. The van der Waals surface area contributed by atoms with Crippen molar-refractivity contribution in [3.63, 3.8) is 0 Å². The Morgan fingerprint density at radius 2 is 1.47 bits per heavy atom. The predicted octanol–water partition coefficient (Wildman–Crippen LogP) is 6.09. The lowest BCUT2D eigenvalue weighted by Gasteiger charge is -2.18. The molecule has 2 aromatic carbocycles.